The van der Waals surface area contributed by atoms with Crippen LogP contribution in [0.2, 0.25) is 0 Å². The predicted molar refractivity (Wildman–Crippen MR) is 126 cm³/mol. The predicted octanol–water partition coefficient (Wildman–Crippen LogP) is 5.89. The van der Waals surface area contributed by atoms with Crippen molar-refractivity contribution in [1.29, 1.82) is 0 Å². The van der Waals surface area contributed by atoms with E-state index >= 15 is 0 Å². The molecule has 6 nitrogen and oxygen atoms in total. The second-order valence-electron chi connectivity index (χ2n) is 7.44. The van der Waals surface area contributed by atoms with Gasteiger partial charge in [0.2, 0.25) is 11.7 Å². The molecule has 2 aromatic heterocycles. The van der Waals surface area contributed by atoms with E-state index in [9.17, 15) is 0 Å². The minimum absolute atomic E-state index is 0.498. The average Bonchev–Trinajstić information content (AvgIpc) is 3.48. The lowest BCUT2D eigenvalue weighted by Gasteiger charge is -2.12. The first kappa shape index (κ1) is 20.2. The summed E-state index contributed by atoms with van der Waals surface area (Å²) >= 11 is 1.52. The van der Waals surface area contributed by atoms with Crippen LogP contribution in [0.25, 0.3) is 28.5 Å². The number of rotatable bonds is 6. The molecule has 158 valence electrons. The van der Waals surface area contributed by atoms with Crippen molar-refractivity contribution < 1.29 is 4.52 Å². The van der Waals surface area contributed by atoms with Gasteiger partial charge in [0.1, 0.15) is 0 Å². The lowest BCUT2D eigenvalue weighted by molar-refractivity contribution is 0.391. The zero-order chi connectivity index (χ0) is 21.9. The zero-order valence-electron chi connectivity index (χ0n) is 17.8. The first-order valence-corrected chi connectivity index (χ1v) is 11.3. The molecule has 0 aliphatic heterocycles. The van der Waals surface area contributed by atoms with E-state index in [1.54, 1.807) is 0 Å². The van der Waals surface area contributed by atoms with E-state index in [0.717, 1.165) is 27.8 Å². The lowest BCUT2D eigenvalue weighted by atomic mass is 10.1. The first-order valence-electron chi connectivity index (χ1n) is 10.3. The van der Waals surface area contributed by atoms with Gasteiger partial charge >= 0.3 is 0 Å². The summed E-state index contributed by atoms with van der Waals surface area (Å²) in [5.74, 6) is 2.43. The molecule has 0 unspecified atom stereocenters. The van der Waals surface area contributed by atoms with Crippen molar-refractivity contribution in [2.24, 2.45) is 0 Å². The van der Waals surface area contributed by atoms with Crippen molar-refractivity contribution >= 4 is 11.8 Å². The van der Waals surface area contributed by atoms with Gasteiger partial charge in [-0.2, -0.15) is 4.98 Å². The molecule has 0 saturated carbocycles. The summed E-state index contributed by atoms with van der Waals surface area (Å²) in [5.41, 5.74) is 5.42. The Bertz CT molecular complexity index is 1350. The molecule has 0 saturated heterocycles. The van der Waals surface area contributed by atoms with E-state index in [4.69, 9.17) is 4.52 Å². The Balaban J connectivity index is 1.47. The molecular weight excluding hydrogens is 418 g/mol. The van der Waals surface area contributed by atoms with Gasteiger partial charge in [-0.3, -0.25) is 4.57 Å². The topological polar surface area (TPSA) is 69.6 Å². The van der Waals surface area contributed by atoms with Gasteiger partial charge in [0.25, 0.3) is 0 Å². The maximum atomic E-state index is 5.47. The molecule has 0 fully saturated rings. The van der Waals surface area contributed by atoms with Gasteiger partial charge in [0.05, 0.1) is 11.4 Å². The standard InChI is InChI=1S/C25H21N5OS/c1-17-13-14-21(15-18(17)2)30-24(20-11-7-4-8-12-20)27-28-25(30)32-16-22-26-23(29-31-22)19-9-5-3-6-10-19/h3-15H,16H2,1-2H3. The van der Waals surface area contributed by atoms with Crippen LogP contribution in [0.1, 0.15) is 17.0 Å². The molecule has 0 N–H and O–H groups in total. The summed E-state index contributed by atoms with van der Waals surface area (Å²) in [6.07, 6.45) is 0. The first-order chi connectivity index (χ1) is 15.7. The molecule has 0 aliphatic carbocycles. The molecule has 7 heteroatoms. The van der Waals surface area contributed by atoms with Crippen LogP contribution >= 0.6 is 11.8 Å². The molecule has 32 heavy (non-hydrogen) atoms. The summed E-state index contributed by atoms with van der Waals surface area (Å²) in [6.45, 7) is 4.22. The Morgan fingerprint density at radius 1 is 0.812 bits per heavy atom. The average molecular weight is 440 g/mol. The Morgan fingerprint density at radius 3 is 2.25 bits per heavy atom. The van der Waals surface area contributed by atoms with Crippen molar-refractivity contribution in [3.05, 3.63) is 95.9 Å². The van der Waals surface area contributed by atoms with Crippen molar-refractivity contribution in [2.45, 2.75) is 24.8 Å². The largest absolute Gasteiger partial charge is 0.338 e. The highest BCUT2D eigenvalue weighted by Crippen LogP contribution is 2.30. The van der Waals surface area contributed by atoms with Crippen LogP contribution in [0.15, 0.2) is 88.5 Å². The van der Waals surface area contributed by atoms with Crippen molar-refractivity contribution in [2.75, 3.05) is 0 Å². The molecule has 0 bridgehead atoms. The van der Waals surface area contributed by atoms with Gasteiger partial charge in [0.15, 0.2) is 11.0 Å². The van der Waals surface area contributed by atoms with Gasteiger partial charge in [-0.25, -0.2) is 0 Å². The van der Waals surface area contributed by atoms with Crippen LogP contribution in [-0.4, -0.2) is 24.9 Å². The number of aromatic nitrogens is 5. The molecule has 5 aromatic rings. The molecule has 5 rings (SSSR count). The van der Waals surface area contributed by atoms with E-state index in [0.29, 0.717) is 17.5 Å². The molecule has 0 radical (unpaired) electrons. The molecule has 3 aromatic carbocycles. The fraction of sp³-hybridized carbons (Fsp3) is 0.120. The van der Waals surface area contributed by atoms with Crippen LogP contribution < -0.4 is 0 Å². The van der Waals surface area contributed by atoms with Gasteiger partial charge in [-0.15, -0.1) is 10.2 Å². The van der Waals surface area contributed by atoms with Crippen LogP contribution in [0, 0.1) is 13.8 Å². The highest BCUT2D eigenvalue weighted by atomic mass is 32.2. The van der Waals surface area contributed by atoms with Gasteiger partial charge in [-0.05, 0) is 37.1 Å². The minimum Gasteiger partial charge on any atom is -0.338 e. The van der Waals surface area contributed by atoms with Gasteiger partial charge in [-0.1, -0.05) is 83.6 Å². The number of hydrogen-bond donors (Lipinski definition) is 0. The van der Waals surface area contributed by atoms with Crippen molar-refractivity contribution in [1.82, 2.24) is 24.9 Å². The third-order valence-electron chi connectivity index (χ3n) is 5.24. The van der Waals surface area contributed by atoms with Crippen LogP contribution in [0.5, 0.6) is 0 Å². The van der Waals surface area contributed by atoms with E-state index in [-0.39, 0.29) is 0 Å². The Morgan fingerprint density at radius 2 is 1.53 bits per heavy atom. The molecule has 0 aliphatic rings. The summed E-state index contributed by atoms with van der Waals surface area (Å²) in [7, 11) is 0. The lowest BCUT2D eigenvalue weighted by Crippen LogP contribution is -2.01. The number of thioether (sulfide) groups is 1. The summed E-state index contributed by atoms with van der Waals surface area (Å²) < 4.78 is 7.56. The Hall–Kier alpha value is -3.71. The molecular formula is C25H21N5OS. The second-order valence-corrected chi connectivity index (χ2v) is 8.39. The van der Waals surface area contributed by atoms with Gasteiger partial charge in [0, 0.05) is 11.1 Å². The fourth-order valence-corrected chi connectivity index (χ4v) is 4.17. The summed E-state index contributed by atoms with van der Waals surface area (Å²) in [5, 5.41) is 13.9. The maximum absolute atomic E-state index is 5.47. The monoisotopic (exact) mass is 439 g/mol. The second kappa shape index (κ2) is 8.80. The number of nitrogens with zero attached hydrogens (tertiary/aromatic N) is 5. The third kappa shape index (κ3) is 4.07. The van der Waals surface area contributed by atoms with E-state index in [2.05, 4.69) is 57.0 Å². The van der Waals surface area contributed by atoms with Crippen LogP contribution in [0.3, 0.4) is 0 Å². The number of benzene rings is 3. The highest BCUT2D eigenvalue weighted by molar-refractivity contribution is 7.98. The number of aryl methyl sites for hydroxylation is 2. The molecule has 0 amide bonds. The smallest absolute Gasteiger partial charge is 0.237 e. The number of hydrogen-bond acceptors (Lipinski definition) is 6. The highest BCUT2D eigenvalue weighted by Gasteiger charge is 2.18. The normalized spacial score (nSPS) is 11.1. The third-order valence-corrected chi connectivity index (χ3v) is 6.15. The SMILES string of the molecule is Cc1ccc(-n2c(SCc3nc(-c4ccccc4)no3)nnc2-c2ccccc2)cc1C. The van der Waals surface area contributed by atoms with Crippen molar-refractivity contribution in [3.8, 4) is 28.5 Å². The fourth-order valence-electron chi connectivity index (χ4n) is 3.38. The molecule has 2 heterocycles. The minimum atomic E-state index is 0.498. The van der Waals surface area contributed by atoms with E-state index in [1.165, 1.54) is 22.9 Å². The quantitative estimate of drug-likeness (QED) is 0.307. The van der Waals surface area contributed by atoms with Gasteiger partial charge < -0.3 is 4.52 Å². The van der Waals surface area contributed by atoms with Crippen LogP contribution in [-0.2, 0) is 5.75 Å². The molecule has 0 spiro atoms. The van der Waals surface area contributed by atoms with E-state index < -0.39 is 0 Å². The summed E-state index contributed by atoms with van der Waals surface area (Å²) in [4.78, 5) is 4.53. The maximum Gasteiger partial charge on any atom is 0.237 e. The summed E-state index contributed by atoms with van der Waals surface area (Å²) in [6, 6.07) is 26.3. The van der Waals surface area contributed by atoms with Crippen molar-refractivity contribution in [3.63, 3.8) is 0 Å². The zero-order valence-corrected chi connectivity index (χ0v) is 18.6. The van der Waals surface area contributed by atoms with E-state index in [1.807, 2.05) is 60.7 Å². The Kier molecular flexibility index (Phi) is 5.56. The molecule has 0 atom stereocenters. The van der Waals surface area contributed by atoms with Crippen LogP contribution in [0.4, 0.5) is 0 Å². The Labute approximate surface area is 190 Å².